The van der Waals surface area contributed by atoms with Crippen molar-refractivity contribution in [3.63, 3.8) is 0 Å². The normalized spacial score (nSPS) is 13.5. The molecule has 6 nitrogen and oxygen atoms in total. The number of rotatable bonds is 45. The van der Waals surface area contributed by atoms with Crippen molar-refractivity contribution in [2.75, 3.05) is 6.61 Å². The quantitative estimate of drug-likeness (QED) is 0.0323. The van der Waals surface area contributed by atoms with Gasteiger partial charge in [-0.05, 0) is 63.9 Å². The molecule has 3 N–H and O–H groups in total. The average Bonchev–Trinajstić information content (AvgIpc) is 3.22. The first-order chi connectivity index (χ1) is 28.5. The molecule has 0 aliphatic rings. The number of ether oxygens (including phenoxy) is 1. The zero-order valence-corrected chi connectivity index (χ0v) is 38.7. The first-order valence-electron chi connectivity index (χ1n) is 25.2. The number of hydrogen-bond donors (Lipinski definition) is 3. The molecule has 0 saturated heterocycles. The Labute approximate surface area is 360 Å². The predicted molar refractivity (Wildman–Crippen MR) is 250 cm³/mol. The highest BCUT2D eigenvalue weighted by Crippen LogP contribution is 2.16. The van der Waals surface area contributed by atoms with E-state index in [4.69, 9.17) is 4.74 Å². The van der Waals surface area contributed by atoms with Crippen LogP contribution in [0, 0.1) is 0 Å². The summed E-state index contributed by atoms with van der Waals surface area (Å²) >= 11 is 0. The third-order valence-electron chi connectivity index (χ3n) is 11.4. The van der Waals surface area contributed by atoms with E-state index in [0.29, 0.717) is 12.8 Å². The molecule has 0 aromatic heterocycles. The van der Waals surface area contributed by atoms with Crippen LogP contribution >= 0.6 is 0 Å². The highest BCUT2D eigenvalue weighted by Gasteiger charge is 2.23. The second-order valence-corrected chi connectivity index (χ2v) is 17.2. The summed E-state index contributed by atoms with van der Waals surface area (Å²) in [5.41, 5.74) is 0. The first-order valence-corrected chi connectivity index (χ1v) is 25.2. The summed E-state index contributed by atoms with van der Waals surface area (Å²) in [6, 6.07) is -0.731. The zero-order chi connectivity index (χ0) is 42.4. The molecule has 3 unspecified atom stereocenters. The number of esters is 1. The SMILES string of the molecule is CCCCC/C=C\CCCCCCCC(=O)OC(/C=C/C/C=C\CCCCCCCC)CC(=O)NC(CO)C(O)CCCCCCCCCCCCCCCCCC. The molecule has 0 rings (SSSR count). The van der Waals surface area contributed by atoms with Gasteiger partial charge in [0.05, 0.1) is 25.2 Å². The van der Waals surface area contributed by atoms with Crippen molar-refractivity contribution in [2.45, 2.75) is 277 Å². The minimum absolute atomic E-state index is 0.0298. The molecule has 58 heavy (non-hydrogen) atoms. The van der Waals surface area contributed by atoms with E-state index in [1.165, 1.54) is 161 Å². The molecule has 0 bridgehead atoms. The van der Waals surface area contributed by atoms with Crippen molar-refractivity contribution in [3.8, 4) is 0 Å². The fourth-order valence-electron chi connectivity index (χ4n) is 7.57. The highest BCUT2D eigenvalue weighted by molar-refractivity contribution is 5.78. The number of carbonyl (C=O) groups is 2. The number of carbonyl (C=O) groups excluding carboxylic acids is 2. The summed E-state index contributed by atoms with van der Waals surface area (Å²) in [5, 5.41) is 23.7. The molecule has 0 fully saturated rings. The summed E-state index contributed by atoms with van der Waals surface area (Å²) in [5.74, 6) is -0.608. The maximum atomic E-state index is 13.1. The maximum absolute atomic E-state index is 13.1. The van der Waals surface area contributed by atoms with Gasteiger partial charge < -0.3 is 20.3 Å². The molecular formula is C52H97NO5. The number of unbranched alkanes of at least 4 members (excludes halogenated alkanes) is 29. The van der Waals surface area contributed by atoms with Crippen molar-refractivity contribution in [2.24, 2.45) is 0 Å². The molecule has 0 aromatic rings. The molecule has 0 radical (unpaired) electrons. The van der Waals surface area contributed by atoms with E-state index in [0.717, 1.165) is 57.8 Å². The van der Waals surface area contributed by atoms with Gasteiger partial charge in [-0.15, -0.1) is 0 Å². The first kappa shape index (κ1) is 56.1. The Kier molecular flexibility index (Phi) is 44.6. The summed E-state index contributed by atoms with van der Waals surface area (Å²) < 4.78 is 5.81. The van der Waals surface area contributed by atoms with Gasteiger partial charge in [-0.1, -0.05) is 218 Å². The van der Waals surface area contributed by atoms with Gasteiger partial charge in [0.2, 0.25) is 5.91 Å². The van der Waals surface area contributed by atoms with Crippen LogP contribution in [0.25, 0.3) is 0 Å². The second-order valence-electron chi connectivity index (χ2n) is 17.2. The molecule has 3 atom stereocenters. The van der Waals surface area contributed by atoms with E-state index in [2.05, 4.69) is 50.4 Å². The van der Waals surface area contributed by atoms with Crippen LogP contribution in [0.5, 0.6) is 0 Å². The Balaban J connectivity index is 4.57. The minimum Gasteiger partial charge on any atom is -0.458 e. The van der Waals surface area contributed by atoms with E-state index in [1.54, 1.807) is 0 Å². The lowest BCUT2D eigenvalue weighted by Crippen LogP contribution is -2.46. The van der Waals surface area contributed by atoms with Crippen LogP contribution in [0.15, 0.2) is 36.5 Å². The Bertz CT molecular complexity index is 961. The summed E-state index contributed by atoms with van der Waals surface area (Å²) in [4.78, 5) is 26.0. The van der Waals surface area contributed by atoms with Crippen molar-refractivity contribution >= 4 is 11.9 Å². The van der Waals surface area contributed by atoms with Crippen molar-refractivity contribution in [3.05, 3.63) is 36.5 Å². The molecule has 0 aliphatic heterocycles. The van der Waals surface area contributed by atoms with Crippen molar-refractivity contribution < 1.29 is 24.5 Å². The number of allylic oxidation sites excluding steroid dienone is 5. The lowest BCUT2D eigenvalue weighted by Gasteiger charge is -2.23. The van der Waals surface area contributed by atoms with E-state index in [9.17, 15) is 19.8 Å². The molecule has 0 aliphatic carbocycles. The minimum atomic E-state index is -0.810. The van der Waals surface area contributed by atoms with E-state index in [1.807, 2.05) is 12.2 Å². The summed E-state index contributed by atoms with van der Waals surface area (Å²) in [6.45, 7) is 6.42. The van der Waals surface area contributed by atoms with Crippen LogP contribution in [0.4, 0.5) is 0 Å². The third-order valence-corrected chi connectivity index (χ3v) is 11.4. The molecule has 0 aromatic carbocycles. The lowest BCUT2D eigenvalue weighted by atomic mass is 10.0. The van der Waals surface area contributed by atoms with Crippen molar-refractivity contribution in [1.82, 2.24) is 5.32 Å². The topological polar surface area (TPSA) is 95.9 Å². The maximum Gasteiger partial charge on any atom is 0.306 e. The number of nitrogens with one attached hydrogen (secondary N) is 1. The van der Waals surface area contributed by atoms with E-state index in [-0.39, 0.29) is 24.9 Å². The van der Waals surface area contributed by atoms with Gasteiger partial charge in [0, 0.05) is 6.42 Å². The molecule has 6 heteroatoms. The Hall–Kier alpha value is -1.92. The van der Waals surface area contributed by atoms with E-state index < -0.39 is 18.2 Å². The second kappa shape index (κ2) is 46.2. The predicted octanol–water partition coefficient (Wildman–Crippen LogP) is 14.9. The van der Waals surface area contributed by atoms with Gasteiger partial charge in [-0.25, -0.2) is 0 Å². The third kappa shape index (κ3) is 40.8. The number of aliphatic hydroxyl groups is 2. The molecular weight excluding hydrogens is 719 g/mol. The van der Waals surface area contributed by atoms with Crippen LogP contribution in [-0.2, 0) is 14.3 Å². The van der Waals surface area contributed by atoms with Crippen LogP contribution in [0.2, 0.25) is 0 Å². The van der Waals surface area contributed by atoms with Crippen LogP contribution in [0.1, 0.15) is 258 Å². The number of hydrogen-bond acceptors (Lipinski definition) is 5. The van der Waals surface area contributed by atoms with Crippen LogP contribution in [0.3, 0.4) is 0 Å². The largest absolute Gasteiger partial charge is 0.458 e. The van der Waals surface area contributed by atoms with Gasteiger partial charge in [0.15, 0.2) is 0 Å². The van der Waals surface area contributed by atoms with Crippen LogP contribution in [-0.4, -0.2) is 46.9 Å². The summed E-state index contributed by atoms with van der Waals surface area (Å²) in [6.07, 6.45) is 53.8. The van der Waals surface area contributed by atoms with Gasteiger partial charge in [-0.2, -0.15) is 0 Å². The van der Waals surface area contributed by atoms with Gasteiger partial charge in [0.1, 0.15) is 6.10 Å². The van der Waals surface area contributed by atoms with Crippen molar-refractivity contribution in [1.29, 1.82) is 0 Å². The van der Waals surface area contributed by atoms with Gasteiger partial charge in [0.25, 0.3) is 0 Å². The number of aliphatic hydroxyl groups excluding tert-OH is 2. The van der Waals surface area contributed by atoms with Gasteiger partial charge in [-0.3, -0.25) is 9.59 Å². The standard InChI is InChI=1S/C52H97NO5/c1-4-7-10-13-16-19-22-24-25-26-27-29-32-35-38-41-44-50(55)49(47-54)53-51(56)46-48(43-40-37-34-31-28-21-18-15-12-9-6-3)58-52(57)45-42-39-36-33-30-23-20-17-14-11-8-5-2/h17,20,31,34,40,43,48-50,54-55H,4-16,18-19,21-30,32-33,35-39,41-42,44-47H2,1-3H3,(H,53,56)/b20-17-,34-31-,43-40+. The molecule has 340 valence electrons. The zero-order valence-electron chi connectivity index (χ0n) is 38.7. The molecule has 0 spiro atoms. The van der Waals surface area contributed by atoms with E-state index >= 15 is 0 Å². The fraction of sp³-hybridized carbons (Fsp3) is 0.846. The average molecular weight is 816 g/mol. The smallest absolute Gasteiger partial charge is 0.306 e. The Morgan fingerprint density at radius 3 is 1.40 bits per heavy atom. The number of amides is 1. The Morgan fingerprint density at radius 1 is 0.517 bits per heavy atom. The van der Waals surface area contributed by atoms with Crippen LogP contribution < -0.4 is 5.32 Å². The highest BCUT2D eigenvalue weighted by atomic mass is 16.5. The lowest BCUT2D eigenvalue weighted by molar-refractivity contribution is -0.148. The summed E-state index contributed by atoms with van der Waals surface area (Å²) in [7, 11) is 0. The molecule has 1 amide bonds. The molecule has 0 heterocycles. The van der Waals surface area contributed by atoms with Gasteiger partial charge >= 0.3 is 5.97 Å². The Morgan fingerprint density at radius 2 is 0.914 bits per heavy atom. The monoisotopic (exact) mass is 816 g/mol. The molecule has 0 saturated carbocycles. The fourth-order valence-corrected chi connectivity index (χ4v) is 7.57.